The van der Waals surface area contributed by atoms with Crippen LogP contribution in [0.2, 0.25) is 0 Å². The van der Waals surface area contributed by atoms with E-state index in [1.54, 1.807) is 21.0 Å². The van der Waals surface area contributed by atoms with Crippen molar-refractivity contribution in [2.45, 2.75) is 20.4 Å². The van der Waals surface area contributed by atoms with Crippen molar-refractivity contribution in [3.05, 3.63) is 33.5 Å². The van der Waals surface area contributed by atoms with Crippen molar-refractivity contribution in [1.82, 2.24) is 24.5 Å². The molecule has 0 radical (unpaired) electrons. The predicted octanol–water partition coefficient (Wildman–Crippen LogP) is 2.10. The summed E-state index contributed by atoms with van der Waals surface area (Å²) in [5.74, 6) is -0.644. The largest absolute Gasteiger partial charge is 0.465 e. The lowest BCUT2D eigenvalue weighted by Gasteiger charge is -2.36. The molecule has 2 aromatic rings. The molecule has 1 aliphatic rings. The highest BCUT2D eigenvalue weighted by Crippen LogP contribution is 2.34. The first-order valence-corrected chi connectivity index (χ1v) is 11.6. The molecular weight excluding hydrogens is 448 g/mol. The van der Waals surface area contributed by atoms with E-state index in [1.165, 1.54) is 34.6 Å². The van der Waals surface area contributed by atoms with Gasteiger partial charge in [0, 0.05) is 65.1 Å². The molecule has 0 aromatic carbocycles. The molecule has 2 aromatic heterocycles. The van der Waals surface area contributed by atoms with Gasteiger partial charge < -0.3 is 19.9 Å². The lowest BCUT2D eigenvalue weighted by atomic mass is 10.1. The molecule has 1 fully saturated rings. The van der Waals surface area contributed by atoms with Crippen molar-refractivity contribution in [3.63, 3.8) is 0 Å². The molecule has 0 aliphatic carbocycles. The molecule has 32 heavy (non-hydrogen) atoms. The van der Waals surface area contributed by atoms with Crippen LogP contribution in [0.4, 0.5) is 5.00 Å². The van der Waals surface area contributed by atoms with Crippen LogP contribution in [-0.2, 0) is 18.3 Å². The number of hydrogen-bond acceptors (Lipinski definition) is 7. The number of piperazine rings is 1. The van der Waals surface area contributed by atoms with Crippen LogP contribution in [0.5, 0.6) is 0 Å². The number of nitrogens with one attached hydrogen (secondary N) is 1. The molecule has 0 unspecified atom stereocenters. The van der Waals surface area contributed by atoms with E-state index in [0.29, 0.717) is 26.1 Å². The Morgan fingerprint density at radius 2 is 1.91 bits per heavy atom. The van der Waals surface area contributed by atoms with Crippen LogP contribution in [0.15, 0.2) is 6.20 Å². The SMILES string of the molecule is COC(=O)c1c(NC(=S)N2CCN(Cc3cnn(C)c3C)CC2)sc(C(=O)N(C)C)c1C. The number of rotatable bonds is 5. The number of carbonyl (C=O) groups is 2. The van der Waals surface area contributed by atoms with Gasteiger partial charge in [-0.3, -0.25) is 14.4 Å². The number of esters is 1. The summed E-state index contributed by atoms with van der Waals surface area (Å²) in [5, 5.41) is 8.60. The molecule has 9 nitrogen and oxygen atoms in total. The highest BCUT2D eigenvalue weighted by atomic mass is 32.1. The van der Waals surface area contributed by atoms with E-state index in [9.17, 15) is 9.59 Å². The van der Waals surface area contributed by atoms with Crippen LogP contribution in [-0.4, -0.2) is 88.9 Å². The third kappa shape index (κ3) is 4.94. The third-order valence-corrected chi connectivity index (χ3v) is 7.30. The Bertz CT molecular complexity index is 1020. The van der Waals surface area contributed by atoms with Crippen LogP contribution in [0.1, 0.15) is 36.9 Å². The smallest absolute Gasteiger partial charge is 0.341 e. The van der Waals surface area contributed by atoms with Gasteiger partial charge >= 0.3 is 5.97 Å². The zero-order chi connectivity index (χ0) is 23.6. The molecule has 3 heterocycles. The van der Waals surface area contributed by atoms with Gasteiger partial charge in [-0.25, -0.2) is 4.79 Å². The van der Waals surface area contributed by atoms with E-state index >= 15 is 0 Å². The maximum Gasteiger partial charge on any atom is 0.341 e. The number of aromatic nitrogens is 2. The Morgan fingerprint density at radius 3 is 2.44 bits per heavy atom. The third-order valence-electron chi connectivity index (χ3n) is 5.75. The minimum absolute atomic E-state index is 0.157. The second kappa shape index (κ2) is 9.97. The zero-order valence-electron chi connectivity index (χ0n) is 19.4. The summed E-state index contributed by atoms with van der Waals surface area (Å²) in [6.07, 6.45) is 1.92. The monoisotopic (exact) mass is 478 g/mol. The number of anilines is 1. The number of aryl methyl sites for hydroxylation is 1. The first-order valence-electron chi connectivity index (χ1n) is 10.3. The van der Waals surface area contributed by atoms with Crippen LogP contribution < -0.4 is 5.32 Å². The van der Waals surface area contributed by atoms with Gasteiger partial charge in [0.05, 0.1) is 23.7 Å². The predicted molar refractivity (Wildman–Crippen MR) is 129 cm³/mol. The highest BCUT2D eigenvalue weighted by Gasteiger charge is 2.28. The fourth-order valence-electron chi connectivity index (χ4n) is 3.58. The topological polar surface area (TPSA) is 82.9 Å². The van der Waals surface area contributed by atoms with Gasteiger partial charge in [0.25, 0.3) is 5.91 Å². The number of carbonyl (C=O) groups excluding carboxylic acids is 2. The van der Waals surface area contributed by atoms with Gasteiger partial charge in [-0.2, -0.15) is 5.10 Å². The number of methoxy groups -OCH3 is 1. The zero-order valence-corrected chi connectivity index (χ0v) is 21.0. The Hall–Kier alpha value is -2.50. The van der Waals surface area contributed by atoms with E-state index in [-0.39, 0.29) is 5.91 Å². The highest BCUT2D eigenvalue weighted by molar-refractivity contribution is 7.80. The van der Waals surface area contributed by atoms with Crippen LogP contribution >= 0.6 is 23.6 Å². The van der Waals surface area contributed by atoms with Crippen molar-refractivity contribution in [2.75, 3.05) is 52.7 Å². The summed E-state index contributed by atoms with van der Waals surface area (Å²) < 4.78 is 6.84. The van der Waals surface area contributed by atoms with Crippen molar-refractivity contribution >= 4 is 45.5 Å². The number of amides is 1. The van der Waals surface area contributed by atoms with Gasteiger partial charge in [-0.15, -0.1) is 11.3 Å². The lowest BCUT2D eigenvalue weighted by molar-refractivity contribution is 0.0601. The molecule has 1 aliphatic heterocycles. The standard InChI is InChI=1S/C21H30N6O3S2/c1-13-16(20(29)30-6)18(32-17(13)19(28)24(3)4)23-21(31)27-9-7-26(8-10-27)12-15-11-22-25(5)14(15)2/h11H,7-10,12H2,1-6H3,(H,23,31). The van der Waals surface area contributed by atoms with Crippen molar-refractivity contribution < 1.29 is 14.3 Å². The maximum absolute atomic E-state index is 12.5. The molecule has 1 amide bonds. The van der Waals surface area contributed by atoms with Gasteiger partial charge in [0.1, 0.15) is 5.00 Å². The molecule has 3 rings (SSSR count). The minimum Gasteiger partial charge on any atom is -0.465 e. The first kappa shape index (κ1) is 24.1. The van der Waals surface area contributed by atoms with Crippen molar-refractivity contribution in [1.29, 1.82) is 0 Å². The van der Waals surface area contributed by atoms with E-state index < -0.39 is 5.97 Å². The quantitative estimate of drug-likeness (QED) is 0.517. The fraction of sp³-hybridized carbons (Fsp3) is 0.524. The molecule has 0 bridgehead atoms. The van der Waals surface area contributed by atoms with Gasteiger partial charge in [0.15, 0.2) is 5.11 Å². The van der Waals surface area contributed by atoms with Gasteiger partial charge in [-0.1, -0.05) is 0 Å². The number of thiophene rings is 1. The maximum atomic E-state index is 12.5. The van der Waals surface area contributed by atoms with Crippen LogP contribution in [0, 0.1) is 13.8 Å². The van der Waals surface area contributed by atoms with Gasteiger partial charge in [0.2, 0.25) is 0 Å². The number of nitrogens with zero attached hydrogens (tertiary/aromatic N) is 5. The summed E-state index contributed by atoms with van der Waals surface area (Å²) >= 11 is 6.87. The van der Waals surface area contributed by atoms with Crippen LogP contribution in [0.3, 0.4) is 0 Å². The molecule has 174 valence electrons. The second-order valence-electron chi connectivity index (χ2n) is 8.02. The molecule has 1 N–H and O–H groups in total. The first-order chi connectivity index (χ1) is 15.1. The molecule has 0 atom stereocenters. The molecule has 11 heteroatoms. The average Bonchev–Trinajstić information content (AvgIpc) is 3.26. The minimum atomic E-state index is -0.487. The Balaban J connectivity index is 1.68. The number of thiocarbonyl (C=S) groups is 1. The second-order valence-corrected chi connectivity index (χ2v) is 9.43. The summed E-state index contributed by atoms with van der Waals surface area (Å²) in [6, 6.07) is 0. The summed E-state index contributed by atoms with van der Waals surface area (Å²) in [4.78, 5) is 31.4. The lowest BCUT2D eigenvalue weighted by Crippen LogP contribution is -2.49. The number of hydrogen-bond donors (Lipinski definition) is 1. The van der Waals surface area contributed by atoms with E-state index in [4.69, 9.17) is 17.0 Å². The Labute approximate surface area is 197 Å². The van der Waals surface area contributed by atoms with Crippen LogP contribution in [0.25, 0.3) is 0 Å². The average molecular weight is 479 g/mol. The van der Waals surface area contributed by atoms with E-state index in [2.05, 4.69) is 27.1 Å². The van der Waals surface area contributed by atoms with Gasteiger partial charge in [-0.05, 0) is 31.6 Å². The Morgan fingerprint density at radius 1 is 1.25 bits per heavy atom. The summed E-state index contributed by atoms with van der Waals surface area (Å²) in [6.45, 7) is 7.98. The summed E-state index contributed by atoms with van der Waals surface area (Å²) in [7, 11) is 6.65. The normalized spacial score (nSPS) is 14.4. The molecule has 0 saturated carbocycles. The Kier molecular flexibility index (Phi) is 7.52. The van der Waals surface area contributed by atoms with E-state index in [1.807, 2.05) is 17.9 Å². The molecule has 0 spiro atoms. The fourth-order valence-corrected chi connectivity index (χ4v) is 5.15. The molecule has 1 saturated heterocycles. The number of ether oxygens (including phenoxy) is 1. The van der Waals surface area contributed by atoms with Crippen molar-refractivity contribution in [2.24, 2.45) is 7.05 Å². The summed E-state index contributed by atoms with van der Waals surface area (Å²) in [5.41, 5.74) is 3.37. The van der Waals surface area contributed by atoms with E-state index in [0.717, 1.165) is 32.7 Å². The molecular formula is C21H30N6O3S2. The van der Waals surface area contributed by atoms with Crippen molar-refractivity contribution in [3.8, 4) is 0 Å².